The highest BCUT2D eigenvalue weighted by Crippen LogP contribution is 2.25. The van der Waals surface area contributed by atoms with E-state index >= 15 is 0 Å². The zero-order chi connectivity index (χ0) is 18.7. The van der Waals surface area contributed by atoms with Crippen molar-refractivity contribution in [3.05, 3.63) is 40.2 Å². The van der Waals surface area contributed by atoms with Gasteiger partial charge < -0.3 is 9.88 Å². The Morgan fingerprint density at radius 2 is 1.85 bits per heavy atom. The van der Waals surface area contributed by atoms with Gasteiger partial charge in [-0.25, -0.2) is 4.98 Å². The van der Waals surface area contributed by atoms with Crippen LogP contribution in [0.1, 0.15) is 19.4 Å². The maximum atomic E-state index is 12.1. The summed E-state index contributed by atoms with van der Waals surface area (Å²) in [5.41, 5.74) is 2.05. The number of anilines is 1. The summed E-state index contributed by atoms with van der Waals surface area (Å²) >= 11 is 1.35. The minimum atomic E-state index is -0.393. The summed E-state index contributed by atoms with van der Waals surface area (Å²) in [4.78, 5) is 24.0. The molecule has 1 aromatic heterocycles. The molecule has 1 aliphatic heterocycles. The largest absolute Gasteiger partial charge is 0.369 e. The van der Waals surface area contributed by atoms with Gasteiger partial charge in [0.25, 0.3) is 5.56 Å². The molecule has 0 saturated carbocycles. The molecule has 0 unspecified atom stereocenters. The van der Waals surface area contributed by atoms with E-state index < -0.39 is 5.56 Å². The van der Waals surface area contributed by atoms with E-state index in [1.54, 1.807) is 0 Å². The number of nitrogens with zero attached hydrogens (tertiary/aromatic N) is 4. The van der Waals surface area contributed by atoms with Gasteiger partial charge in [-0.15, -0.1) is 0 Å². The highest BCUT2D eigenvalue weighted by Gasteiger charge is 2.19. The Balaban J connectivity index is 1.84. The summed E-state index contributed by atoms with van der Waals surface area (Å²) in [6, 6.07) is 10.5. The third kappa shape index (κ3) is 3.76. The molecule has 0 atom stereocenters. The first kappa shape index (κ1) is 18.5. The maximum absolute atomic E-state index is 12.1. The van der Waals surface area contributed by atoms with Crippen LogP contribution >= 0.6 is 11.8 Å². The molecule has 3 rings (SSSR count). The van der Waals surface area contributed by atoms with E-state index in [4.69, 9.17) is 0 Å². The number of hydrogen-bond donors (Lipinski definition) is 1. The molecule has 7 heteroatoms. The van der Waals surface area contributed by atoms with Gasteiger partial charge in [0.15, 0.2) is 5.16 Å². The van der Waals surface area contributed by atoms with Crippen molar-refractivity contribution < 1.29 is 0 Å². The standard InChI is InChI=1S/C19H23N5OS/c1-13(2)23-8-10-24(11-9-23)15-6-4-14(5-7-15)17-16(12-20)18(25)22-19(21-17)26-3/h4-7,13H,8-11H2,1-3H3,(H,21,22,25). The van der Waals surface area contributed by atoms with Crippen LogP contribution in [0.25, 0.3) is 11.3 Å². The molecule has 0 spiro atoms. The number of piperazine rings is 1. The summed E-state index contributed by atoms with van der Waals surface area (Å²) in [6.07, 6.45) is 1.84. The zero-order valence-electron chi connectivity index (χ0n) is 15.3. The first-order valence-corrected chi connectivity index (χ1v) is 9.93. The van der Waals surface area contributed by atoms with E-state index in [1.165, 1.54) is 11.8 Å². The van der Waals surface area contributed by atoms with Crippen molar-refractivity contribution in [1.29, 1.82) is 5.26 Å². The number of rotatable bonds is 4. The lowest BCUT2D eigenvalue weighted by Crippen LogP contribution is -2.48. The number of aromatic nitrogens is 2. The molecule has 136 valence electrons. The molecule has 6 nitrogen and oxygen atoms in total. The summed E-state index contributed by atoms with van der Waals surface area (Å²) in [7, 11) is 0. The van der Waals surface area contributed by atoms with Gasteiger partial charge >= 0.3 is 0 Å². The molecule has 1 aromatic carbocycles. The second-order valence-corrected chi connectivity index (χ2v) is 7.37. The van der Waals surface area contributed by atoms with Gasteiger partial charge in [-0.1, -0.05) is 23.9 Å². The van der Waals surface area contributed by atoms with Crippen molar-refractivity contribution in [2.24, 2.45) is 0 Å². The number of thioether (sulfide) groups is 1. The van der Waals surface area contributed by atoms with E-state index in [0.717, 1.165) is 37.4 Å². The molecule has 1 N–H and O–H groups in total. The van der Waals surface area contributed by atoms with Crippen molar-refractivity contribution in [2.75, 3.05) is 37.3 Å². The Morgan fingerprint density at radius 1 is 1.19 bits per heavy atom. The van der Waals surface area contributed by atoms with Crippen molar-refractivity contribution in [3.8, 4) is 17.3 Å². The van der Waals surface area contributed by atoms with Gasteiger partial charge in [0.05, 0.1) is 5.69 Å². The van der Waals surface area contributed by atoms with Crippen LogP contribution in [0.2, 0.25) is 0 Å². The van der Waals surface area contributed by atoms with Crippen LogP contribution in [-0.4, -0.2) is 53.3 Å². The molecule has 26 heavy (non-hydrogen) atoms. The van der Waals surface area contributed by atoms with Gasteiger partial charge in [0.1, 0.15) is 11.6 Å². The Labute approximate surface area is 157 Å². The molecule has 2 aromatic rings. The highest BCUT2D eigenvalue weighted by molar-refractivity contribution is 7.98. The molecule has 0 bridgehead atoms. The first-order valence-electron chi connectivity index (χ1n) is 8.71. The Bertz CT molecular complexity index is 861. The van der Waals surface area contributed by atoms with Crippen molar-refractivity contribution >= 4 is 17.4 Å². The summed E-state index contributed by atoms with van der Waals surface area (Å²) in [5, 5.41) is 9.83. The molecule has 0 radical (unpaired) electrons. The summed E-state index contributed by atoms with van der Waals surface area (Å²) in [5.74, 6) is 0. The molecule has 2 heterocycles. The molecular formula is C19H23N5OS. The fourth-order valence-electron chi connectivity index (χ4n) is 3.19. The quantitative estimate of drug-likeness (QED) is 0.659. The second kappa shape index (κ2) is 7.94. The van der Waals surface area contributed by atoms with Crippen LogP contribution in [0.4, 0.5) is 5.69 Å². The van der Waals surface area contributed by atoms with Crippen LogP contribution < -0.4 is 10.5 Å². The van der Waals surface area contributed by atoms with Crippen molar-refractivity contribution in [2.45, 2.75) is 25.0 Å². The van der Waals surface area contributed by atoms with E-state index in [2.05, 4.69) is 33.6 Å². The van der Waals surface area contributed by atoms with Crippen LogP contribution in [0.5, 0.6) is 0 Å². The maximum Gasteiger partial charge on any atom is 0.270 e. The topological polar surface area (TPSA) is 76.0 Å². The van der Waals surface area contributed by atoms with Gasteiger partial charge in [-0.05, 0) is 32.2 Å². The number of benzene rings is 1. The zero-order valence-corrected chi connectivity index (χ0v) is 16.1. The predicted octanol–water partition coefficient (Wildman–Crippen LogP) is 2.56. The molecule has 0 amide bonds. The third-order valence-corrected chi connectivity index (χ3v) is 5.33. The van der Waals surface area contributed by atoms with Gasteiger partial charge in [-0.2, -0.15) is 5.26 Å². The fraction of sp³-hybridized carbons (Fsp3) is 0.421. The lowest BCUT2D eigenvalue weighted by Gasteiger charge is -2.38. The Hall–Kier alpha value is -2.30. The van der Waals surface area contributed by atoms with Crippen LogP contribution in [0.3, 0.4) is 0 Å². The minimum absolute atomic E-state index is 0.0566. The lowest BCUT2D eigenvalue weighted by atomic mass is 10.1. The van der Waals surface area contributed by atoms with Crippen LogP contribution in [-0.2, 0) is 0 Å². The Morgan fingerprint density at radius 3 is 2.38 bits per heavy atom. The first-order chi connectivity index (χ1) is 12.5. The van der Waals surface area contributed by atoms with E-state index in [0.29, 0.717) is 16.9 Å². The van der Waals surface area contributed by atoms with E-state index in [1.807, 2.05) is 36.6 Å². The minimum Gasteiger partial charge on any atom is -0.369 e. The smallest absolute Gasteiger partial charge is 0.270 e. The van der Waals surface area contributed by atoms with E-state index in [9.17, 15) is 10.1 Å². The fourth-order valence-corrected chi connectivity index (χ4v) is 3.57. The average molecular weight is 369 g/mol. The average Bonchev–Trinajstić information content (AvgIpc) is 2.67. The molecule has 1 fully saturated rings. The SMILES string of the molecule is CSc1nc(-c2ccc(N3CCN(C(C)C)CC3)cc2)c(C#N)c(=O)[nH]1. The van der Waals surface area contributed by atoms with Crippen molar-refractivity contribution in [3.63, 3.8) is 0 Å². The number of nitrogens with one attached hydrogen (secondary N) is 1. The van der Waals surface area contributed by atoms with Crippen LogP contribution in [0, 0.1) is 11.3 Å². The number of H-pyrrole nitrogens is 1. The monoisotopic (exact) mass is 369 g/mol. The Kier molecular flexibility index (Phi) is 5.64. The molecule has 0 aliphatic carbocycles. The van der Waals surface area contributed by atoms with Crippen LogP contribution in [0.15, 0.2) is 34.2 Å². The second-order valence-electron chi connectivity index (χ2n) is 6.57. The van der Waals surface area contributed by atoms with Gasteiger partial charge in [0.2, 0.25) is 0 Å². The number of aromatic amines is 1. The normalized spacial score (nSPS) is 15.3. The third-order valence-electron chi connectivity index (χ3n) is 4.75. The molecule has 1 aliphatic rings. The molecular weight excluding hydrogens is 346 g/mol. The lowest BCUT2D eigenvalue weighted by molar-refractivity contribution is 0.209. The van der Waals surface area contributed by atoms with E-state index in [-0.39, 0.29) is 5.56 Å². The highest BCUT2D eigenvalue weighted by atomic mass is 32.2. The summed E-state index contributed by atoms with van der Waals surface area (Å²) < 4.78 is 0. The van der Waals surface area contributed by atoms with Gasteiger partial charge in [0, 0.05) is 43.5 Å². The van der Waals surface area contributed by atoms with Crippen molar-refractivity contribution in [1.82, 2.24) is 14.9 Å². The predicted molar refractivity (Wildman–Crippen MR) is 106 cm³/mol. The number of hydrogen-bond acceptors (Lipinski definition) is 6. The summed E-state index contributed by atoms with van der Waals surface area (Å²) in [6.45, 7) is 8.58. The number of nitriles is 1. The molecule has 1 saturated heterocycles. The van der Waals surface area contributed by atoms with Gasteiger partial charge in [-0.3, -0.25) is 9.69 Å².